The summed E-state index contributed by atoms with van der Waals surface area (Å²) in [6.45, 7) is 2.45. The Hall–Kier alpha value is -1.44. The number of rotatable bonds is 6. The van der Waals surface area contributed by atoms with Gasteiger partial charge in [0.1, 0.15) is 10.0 Å². The third-order valence-electron chi connectivity index (χ3n) is 2.96. The molecule has 0 spiro atoms. The molecule has 1 N–H and O–H groups in total. The Morgan fingerprint density at radius 3 is 2.67 bits per heavy atom. The number of sulfonamides is 1. The molecule has 2 aromatic rings. The van der Waals surface area contributed by atoms with Crippen LogP contribution in [-0.2, 0) is 16.6 Å². The van der Waals surface area contributed by atoms with Crippen molar-refractivity contribution >= 4 is 27.0 Å². The van der Waals surface area contributed by atoms with Gasteiger partial charge in [0.25, 0.3) is 10.0 Å². The number of hydrogen-bond donors (Lipinski definition) is 1. The molecular weight excluding hydrogens is 311 g/mol. The van der Waals surface area contributed by atoms with E-state index in [1.54, 1.807) is 31.5 Å². The van der Waals surface area contributed by atoms with Crippen molar-refractivity contribution in [1.29, 1.82) is 0 Å². The van der Waals surface area contributed by atoms with Gasteiger partial charge in [-0.2, -0.15) is 0 Å². The van der Waals surface area contributed by atoms with Crippen LogP contribution in [0.15, 0.2) is 39.9 Å². The van der Waals surface area contributed by atoms with Crippen LogP contribution in [0.3, 0.4) is 0 Å². The molecule has 0 saturated heterocycles. The maximum absolute atomic E-state index is 13.9. The van der Waals surface area contributed by atoms with Crippen molar-refractivity contribution in [3.8, 4) is 0 Å². The Bertz CT molecular complexity index is 713. The SMILES string of the molecule is CCN(c1ccccc1F)S(=O)(=O)c1cc(CNC)cs1. The summed E-state index contributed by atoms with van der Waals surface area (Å²) in [6.07, 6.45) is 0. The first-order valence-corrected chi connectivity index (χ1v) is 8.82. The van der Waals surface area contributed by atoms with Crippen molar-refractivity contribution in [2.24, 2.45) is 0 Å². The Morgan fingerprint density at radius 1 is 1.33 bits per heavy atom. The number of nitrogens with zero attached hydrogens (tertiary/aromatic N) is 1. The number of anilines is 1. The van der Waals surface area contributed by atoms with E-state index in [2.05, 4.69) is 5.32 Å². The summed E-state index contributed by atoms with van der Waals surface area (Å²) in [5.41, 5.74) is 0.967. The second-order valence-electron chi connectivity index (χ2n) is 4.43. The van der Waals surface area contributed by atoms with Gasteiger partial charge in [0, 0.05) is 13.1 Å². The molecular formula is C14H17FN2O2S2. The minimum absolute atomic E-state index is 0.0727. The van der Waals surface area contributed by atoms with Gasteiger partial charge < -0.3 is 5.32 Å². The Balaban J connectivity index is 2.42. The highest BCUT2D eigenvalue weighted by Gasteiger charge is 2.27. The van der Waals surface area contributed by atoms with E-state index in [0.717, 1.165) is 21.2 Å². The van der Waals surface area contributed by atoms with Crippen molar-refractivity contribution in [2.45, 2.75) is 17.7 Å². The number of benzene rings is 1. The van der Waals surface area contributed by atoms with Crippen LogP contribution in [0.4, 0.5) is 10.1 Å². The van der Waals surface area contributed by atoms with Crippen LogP contribution in [0.5, 0.6) is 0 Å². The molecule has 0 radical (unpaired) electrons. The van der Waals surface area contributed by atoms with Crippen LogP contribution in [-0.4, -0.2) is 22.0 Å². The lowest BCUT2D eigenvalue weighted by molar-refractivity contribution is 0.588. The molecule has 0 aliphatic carbocycles. The zero-order valence-corrected chi connectivity index (χ0v) is 13.5. The minimum Gasteiger partial charge on any atom is -0.316 e. The summed E-state index contributed by atoms with van der Waals surface area (Å²) in [5.74, 6) is -0.546. The van der Waals surface area contributed by atoms with Gasteiger partial charge >= 0.3 is 0 Å². The fourth-order valence-corrected chi connectivity index (χ4v) is 4.82. The number of halogens is 1. The van der Waals surface area contributed by atoms with E-state index in [-0.39, 0.29) is 16.4 Å². The predicted molar refractivity (Wildman–Crippen MR) is 83.7 cm³/mol. The van der Waals surface area contributed by atoms with Crippen LogP contribution in [0, 0.1) is 5.82 Å². The monoisotopic (exact) mass is 328 g/mol. The highest BCUT2D eigenvalue weighted by Crippen LogP contribution is 2.29. The Labute approximate surface area is 128 Å². The van der Waals surface area contributed by atoms with Crippen LogP contribution in [0.2, 0.25) is 0 Å². The van der Waals surface area contributed by atoms with E-state index in [1.807, 2.05) is 0 Å². The van der Waals surface area contributed by atoms with E-state index < -0.39 is 15.8 Å². The highest BCUT2D eigenvalue weighted by molar-refractivity contribution is 7.94. The van der Waals surface area contributed by atoms with Crippen LogP contribution >= 0.6 is 11.3 Å². The lowest BCUT2D eigenvalue weighted by Crippen LogP contribution is -2.31. The molecule has 0 unspecified atom stereocenters. The van der Waals surface area contributed by atoms with E-state index in [9.17, 15) is 12.8 Å². The number of para-hydroxylation sites is 1. The van der Waals surface area contributed by atoms with Gasteiger partial charge in [-0.15, -0.1) is 11.3 Å². The summed E-state index contributed by atoms with van der Waals surface area (Å²) in [4.78, 5) is 0. The first-order chi connectivity index (χ1) is 10.0. The molecule has 0 amide bonds. The Morgan fingerprint density at radius 2 is 2.05 bits per heavy atom. The maximum atomic E-state index is 13.9. The molecule has 21 heavy (non-hydrogen) atoms. The molecule has 4 nitrogen and oxygen atoms in total. The van der Waals surface area contributed by atoms with Crippen molar-refractivity contribution in [1.82, 2.24) is 5.32 Å². The largest absolute Gasteiger partial charge is 0.316 e. The Kier molecular flexibility index (Phi) is 4.97. The number of nitrogens with one attached hydrogen (secondary N) is 1. The third kappa shape index (κ3) is 3.25. The number of thiophene rings is 1. The van der Waals surface area contributed by atoms with E-state index in [0.29, 0.717) is 6.54 Å². The minimum atomic E-state index is -3.74. The van der Waals surface area contributed by atoms with Crippen molar-refractivity contribution in [2.75, 3.05) is 17.9 Å². The molecule has 7 heteroatoms. The molecule has 1 aromatic carbocycles. The molecule has 114 valence electrons. The predicted octanol–water partition coefficient (Wildman–Crippen LogP) is 2.82. The molecule has 0 aliphatic rings. The van der Waals surface area contributed by atoms with E-state index >= 15 is 0 Å². The summed E-state index contributed by atoms with van der Waals surface area (Å²) in [6, 6.07) is 7.51. The topological polar surface area (TPSA) is 49.4 Å². The molecule has 0 aliphatic heterocycles. The highest BCUT2D eigenvalue weighted by atomic mass is 32.2. The second-order valence-corrected chi connectivity index (χ2v) is 7.43. The van der Waals surface area contributed by atoms with Crippen LogP contribution in [0.1, 0.15) is 12.5 Å². The smallest absolute Gasteiger partial charge is 0.273 e. The zero-order valence-electron chi connectivity index (χ0n) is 11.8. The summed E-state index contributed by atoms with van der Waals surface area (Å²) in [5, 5.41) is 4.76. The molecule has 1 aromatic heterocycles. The van der Waals surface area contributed by atoms with Gasteiger partial charge in [0.05, 0.1) is 5.69 Å². The van der Waals surface area contributed by atoms with E-state index in [1.165, 1.54) is 18.2 Å². The van der Waals surface area contributed by atoms with Gasteiger partial charge in [0.2, 0.25) is 0 Å². The zero-order chi connectivity index (χ0) is 15.5. The first-order valence-electron chi connectivity index (χ1n) is 6.50. The molecule has 0 bridgehead atoms. The fraction of sp³-hybridized carbons (Fsp3) is 0.286. The fourth-order valence-electron chi connectivity index (χ4n) is 2.02. The molecule has 0 atom stereocenters. The summed E-state index contributed by atoms with van der Waals surface area (Å²) in [7, 11) is -1.94. The van der Waals surface area contributed by atoms with Crippen molar-refractivity contribution in [3.63, 3.8) is 0 Å². The van der Waals surface area contributed by atoms with Crippen LogP contribution < -0.4 is 9.62 Å². The average molecular weight is 328 g/mol. The van der Waals surface area contributed by atoms with Gasteiger partial charge in [0.15, 0.2) is 0 Å². The quantitative estimate of drug-likeness (QED) is 0.887. The van der Waals surface area contributed by atoms with E-state index in [4.69, 9.17) is 0 Å². The van der Waals surface area contributed by atoms with Crippen LogP contribution in [0.25, 0.3) is 0 Å². The third-order valence-corrected chi connectivity index (χ3v) is 6.32. The molecule has 0 saturated carbocycles. The van der Waals surface area contributed by atoms with Crippen molar-refractivity contribution in [3.05, 3.63) is 47.1 Å². The first kappa shape index (κ1) is 15.9. The van der Waals surface area contributed by atoms with Gasteiger partial charge in [-0.3, -0.25) is 4.31 Å². The normalized spacial score (nSPS) is 11.6. The molecule has 2 rings (SSSR count). The average Bonchev–Trinajstić information content (AvgIpc) is 2.91. The number of hydrogen-bond acceptors (Lipinski definition) is 4. The van der Waals surface area contributed by atoms with Gasteiger partial charge in [-0.25, -0.2) is 12.8 Å². The molecule has 0 fully saturated rings. The second kappa shape index (κ2) is 6.55. The lowest BCUT2D eigenvalue weighted by atomic mass is 10.3. The molecule has 1 heterocycles. The summed E-state index contributed by atoms with van der Waals surface area (Å²) >= 11 is 1.15. The standard InChI is InChI=1S/C14H17FN2O2S2/c1-3-17(13-7-5-4-6-12(13)15)21(18,19)14-8-11(9-16-2)10-20-14/h4-8,10,16H,3,9H2,1-2H3. The maximum Gasteiger partial charge on any atom is 0.273 e. The summed E-state index contributed by atoms with van der Waals surface area (Å²) < 4.78 is 40.6. The van der Waals surface area contributed by atoms with Crippen molar-refractivity contribution < 1.29 is 12.8 Å². The van der Waals surface area contributed by atoms with Gasteiger partial charge in [-0.05, 0) is 43.1 Å². The lowest BCUT2D eigenvalue weighted by Gasteiger charge is -2.22. The van der Waals surface area contributed by atoms with Gasteiger partial charge in [-0.1, -0.05) is 12.1 Å².